The normalized spacial score (nSPS) is 13.0. The van der Waals surface area contributed by atoms with E-state index in [1.54, 1.807) is 17.0 Å². The molecule has 0 spiro atoms. The fraction of sp³-hybridized carbons (Fsp3) is 0.300. The topological polar surface area (TPSA) is 74.6 Å². The van der Waals surface area contributed by atoms with Crippen LogP contribution in [0.1, 0.15) is 36.6 Å². The van der Waals surface area contributed by atoms with Gasteiger partial charge in [0.05, 0.1) is 17.7 Å². The van der Waals surface area contributed by atoms with Gasteiger partial charge in [0.25, 0.3) is 0 Å². The number of carbonyl (C=O) groups is 1. The molecular formula is C20H21N3O3. The minimum Gasteiger partial charge on any atom is -0.454 e. The first-order valence-electron chi connectivity index (χ1n) is 8.55. The summed E-state index contributed by atoms with van der Waals surface area (Å²) in [6.07, 6.45) is 0. The molecule has 6 heteroatoms. The Morgan fingerprint density at radius 1 is 1.23 bits per heavy atom. The molecular weight excluding hydrogens is 330 g/mol. The van der Waals surface area contributed by atoms with Crippen molar-refractivity contribution in [3.8, 4) is 17.6 Å². The highest BCUT2D eigenvalue weighted by atomic mass is 16.7. The first-order valence-corrected chi connectivity index (χ1v) is 8.55. The molecule has 0 saturated heterocycles. The third kappa shape index (κ3) is 3.72. The van der Waals surface area contributed by atoms with Crippen LogP contribution < -0.4 is 14.8 Å². The van der Waals surface area contributed by atoms with E-state index in [2.05, 4.69) is 11.4 Å². The number of nitrogens with one attached hydrogen (secondary N) is 1. The Morgan fingerprint density at radius 3 is 2.65 bits per heavy atom. The highest BCUT2D eigenvalue weighted by Crippen LogP contribution is 2.32. The summed E-state index contributed by atoms with van der Waals surface area (Å²) >= 11 is 0. The first kappa shape index (κ1) is 17.6. The molecule has 1 atom stereocenters. The molecule has 1 N–H and O–H groups in total. The molecule has 2 amide bonds. The fourth-order valence-corrected chi connectivity index (χ4v) is 2.94. The Hall–Kier alpha value is -3.20. The molecule has 3 rings (SSSR count). The third-order valence-corrected chi connectivity index (χ3v) is 4.47. The SMILES string of the molecule is CCN(C(=O)NCc1ccc2c(c1)OCO2)[C@@H](C)c1ccc(C#N)cc1. The van der Waals surface area contributed by atoms with E-state index in [-0.39, 0.29) is 18.9 Å². The van der Waals surface area contributed by atoms with Gasteiger partial charge in [0.2, 0.25) is 6.79 Å². The molecule has 1 heterocycles. The molecule has 2 aromatic rings. The molecule has 26 heavy (non-hydrogen) atoms. The Morgan fingerprint density at radius 2 is 1.96 bits per heavy atom. The quantitative estimate of drug-likeness (QED) is 0.893. The second-order valence-corrected chi connectivity index (χ2v) is 6.04. The molecule has 0 bridgehead atoms. The lowest BCUT2D eigenvalue weighted by Gasteiger charge is -2.28. The molecule has 1 aliphatic rings. The van der Waals surface area contributed by atoms with Crippen LogP contribution >= 0.6 is 0 Å². The van der Waals surface area contributed by atoms with Crippen LogP contribution in [0.4, 0.5) is 4.79 Å². The Bertz CT molecular complexity index is 827. The van der Waals surface area contributed by atoms with Gasteiger partial charge in [0, 0.05) is 13.1 Å². The second kappa shape index (κ2) is 7.79. The number of nitriles is 1. The number of rotatable bonds is 5. The van der Waals surface area contributed by atoms with Gasteiger partial charge in [-0.15, -0.1) is 0 Å². The van der Waals surface area contributed by atoms with Crippen LogP contribution in [-0.2, 0) is 6.54 Å². The van der Waals surface area contributed by atoms with Crippen LogP contribution in [-0.4, -0.2) is 24.3 Å². The Balaban J connectivity index is 1.63. The zero-order valence-corrected chi connectivity index (χ0v) is 14.9. The van der Waals surface area contributed by atoms with E-state index in [0.29, 0.717) is 24.4 Å². The van der Waals surface area contributed by atoms with Crippen molar-refractivity contribution in [2.24, 2.45) is 0 Å². The van der Waals surface area contributed by atoms with Crippen molar-refractivity contribution in [1.29, 1.82) is 5.26 Å². The van der Waals surface area contributed by atoms with Gasteiger partial charge in [0.1, 0.15) is 0 Å². The molecule has 0 fully saturated rings. The van der Waals surface area contributed by atoms with Gasteiger partial charge >= 0.3 is 6.03 Å². The zero-order chi connectivity index (χ0) is 18.5. The smallest absolute Gasteiger partial charge is 0.318 e. The maximum atomic E-state index is 12.6. The summed E-state index contributed by atoms with van der Waals surface area (Å²) in [4.78, 5) is 14.4. The summed E-state index contributed by atoms with van der Waals surface area (Å²) in [5.74, 6) is 1.43. The summed E-state index contributed by atoms with van der Waals surface area (Å²) in [5.41, 5.74) is 2.55. The minimum absolute atomic E-state index is 0.0931. The fourth-order valence-electron chi connectivity index (χ4n) is 2.94. The van der Waals surface area contributed by atoms with Crippen LogP contribution in [0.3, 0.4) is 0 Å². The minimum atomic E-state index is -0.137. The number of amides is 2. The predicted molar refractivity (Wildman–Crippen MR) is 96.8 cm³/mol. The van der Waals surface area contributed by atoms with Crippen molar-refractivity contribution in [1.82, 2.24) is 10.2 Å². The average molecular weight is 351 g/mol. The van der Waals surface area contributed by atoms with E-state index in [1.807, 2.05) is 44.2 Å². The molecule has 0 unspecified atom stereocenters. The lowest BCUT2D eigenvalue weighted by atomic mass is 10.1. The second-order valence-electron chi connectivity index (χ2n) is 6.04. The maximum Gasteiger partial charge on any atom is 0.318 e. The lowest BCUT2D eigenvalue weighted by molar-refractivity contribution is 0.174. The largest absolute Gasteiger partial charge is 0.454 e. The number of urea groups is 1. The molecule has 0 aliphatic carbocycles. The van der Waals surface area contributed by atoms with Crippen LogP contribution in [0, 0.1) is 11.3 Å². The van der Waals surface area contributed by atoms with Gasteiger partial charge in [-0.1, -0.05) is 18.2 Å². The van der Waals surface area contributed by atoms with E-state index in [1.165, 1.54) is 0 Å². The molecule has 6 nitrogen and oxygen atoms in total. The first-order chi connectivity index (χ1) is 12.6. The summed E-state index contributed by atoms with van der Waals surface area (Å²) in [7, 11) is 0. The summed E-state index contributed by atoms with van der Waals surface area (Å²) < 4.78 is 10.7. The van der Waals surface area contributed by atoms with Crippen LogP contribution in [0.2, 0.25) is 0 Å². The zero-order valence-electron chi connectivity index (χ0n) is 14.9. The number of hydrogen-bond acceptors (Lipinski definition) is 4. The number of fused-ring (bicyclic) bond motifs is 1. The predicted octanol–water partition coefficient (Wildman–Crippen LogP) is 3.58. The number of benzene rings is 2. The molecule has 2 aromatic carbocycles. The van der Waals surface area contributed by atoms with Crippen LogP contribution in [0.5, 0.6) is 11.5 Å². The number of hydrogen-bond donors (Lipinski definition) is 1. The monoisotopic (exact) mass is 351 g/mol. The summed E-state index contributed by atoms with van der Waals surface area (Å²) in [6.45, 7) is 5.14. The lowest BCUT2D eigenvalue weighted by Crippen LogP contribution is -2.41. The van der Waals surface area contributed by atoms with E-state index < -0.39 is 0 Å². The van der Waals surface area contributed by atoms with Crippen molar-refractivity contribution in [3.05, 3.63) is 59.2 Å². The number of nitrogens with zero attached hydrogens (tertiary/aromatic N) is 2. The van der Waals surface area contributed by atoms with Crippen molar-refractivity contribution in [3.63, 3.8) is 0 Å². The van der Waals surface area contributed by atoms with Gasteiger partial charge < -0.3 is 19.7 Å². The van der Waals surface area contributed by atoms with Gasteiger partial charge in [-0.2, -0.15) is 5.26 Å². The number of ether oxygens (including phenoxy) is 2. The van der Waals surface area contributed by atoms with Crippen LogP contribution in [0.15, 0.2) is 42.5 Å². The maximum absolute atomic E-state index is 12.6. The van der Waals surface area contributed by atoms with Gasteiger partial charge in [-0.25, -0.2) is 4.79 Å². The third-order valence-electron chi connectivity index (χ3n) is 4.47. The highest BCUT2D eigenvalue weighted by Gasteiger charge is 2.20. The Labute approximate surface area is 152 Å². The average Bonchev–Trinajstić information content (AvgIpc) is 3.14. The Kier molecular flexibility index (Phi) is 5.28. The van der Waals surface area contributed by atoms with E-state index in [9.17, 15) is 4.79 Å². The number of carbonyl (C=O) groups excluding carboxylic acids is 1. The van der Waals surface area contributed by atoms with E-state index in [0.717, 1.165) is 16.9 Å². The van der Waals surface area contributed by atoms with Gasteiger partial charge in [-0.3, -0.25) is 0 Å². The van der Waals surface area contributed by atoms with Crippen molar-refractivity contribution >= 4 is 6.03 Å². The van der Waals surface area contributed by atoms with E-state index in [4.69, 9.17) is 14.7 Å². The van der Waals surface area contributed by atoms with Gasteiger partial charge in [-0.05, 0) is 49.2 Å². The highest BCUT2D eigenvalue weighted by molar-refractivity contribution is 5.74. The molecule has 0 saturated carbocycles. The molecule has 0 aromatic heterocycles. The van der Waals surface area contributed by atoms with Crippen molar-refractivity contribution < 1.29 is 14.3 Å². The summed E-state index contributed by atoms with van der Waals surface area (Å²) in [5, 5.41) is 11.9. The summed E-state index contributed by atoms with van der Waals surface area (Å²) in [6, 6.07) is 14.8. The van der Waals surface area contributed by atoms with E-state index >= 15 is 0 Å². The molecule has 134 valence electrons. The van der Waals surface area contributed by atoms with Crippen LogP contribution in [0.25, 0.3) is 0 Å². The van der Waals surface area contributed by atoms with Crippen molar-refractivity contribution in [2.75, 3.05) is 13.3 Å². The molecule has 0 radical (unpaired) electrons. The van der Waals surface area contributed by atoms with Gasteiger partial charge in [0.15, 0.2) is 11.5 Å². The standard InChI is InChI=1S/C20H21N3O3/c1-3-23(14(2)17-7-4-15(11-21)5-8-17)20(24)22-12-16-6-9-18-19(10-16)26-13-25-18/h4-10,14H,3,12-13H2,1-2H3,(H,22,24)/t14-/m0/s1. The molecule has 1 aliphatic heterocycles. The van der Waals surface area contributed by atoms with Crippen molar-refractivity contribution in [2.45, 2.75) is 26.4 Å².